The van der Waals surface area contributed by atoms with Gasteiger partial charge in [0.1, 0.15) is 12.7 Å². The van der Waals surface area contributed by atoms with E-state index in [0.29, 0.717) is 31.1 Å². The van der Waals surface area contributed by atoms with Crippen LogP contribution in [0.5, 0.6) is 11.5 Å². The second-order valence-electron chi connectivity index (χ2n) is 8.14. The van der Waals surface area contributed by atoms with Crippen LogP contribution in [0.15, 0.2) is 18.2 Å². The molecule has 0 aliphatic carbocycles. The second kappa shape index (κ2) is 14.8. The van der Waals surface area contributed by atoms with Crippen LogP contribution in [0, 0.1) is 0 Å². The van der Waals surface area contributed by atoms with Gasteiger partial charge in [-0.1, -0.05) is 6.07 Å². The highest BCUT2D eigenvalue weighted by Gasteiger charge is 2.21. The molecule has 0 saturated carbocycles. The molecule has 2 fully saturated rings. The lowest BCUT2D eigenvalue weighted by Crippen LogP contribution is -2.50. The maximum absolute atomic E-state index is 11.4. The molecule has 2 heterocycles. The average Bonchev–Trinajstić information content (AvgIpc) is 3.01. The van der Waals surface area contributed by atoms with E-state index in [9.17, 15) is 9.90 Å². The topological polar surface area (TPSA) is 77.5 Å². The third-order valence-electron chi connectivity index (χ3n) is 5.78. The van der Waals surface area contributed by atoms with Gasteiger partial charge in [-0.2, -0.15) is 0 Å². The Labute approximate surface area is 204 Å². The first kappa shape index (κ1) is 28.7. The van der Waals surface area contributed by atoms with E-state index in [1.807, 2.05) is 17.0 Å². The number of aliphatic hydroxyl groups is 1. The number of nitrogens with one attached hydrogen (secondary N) is 1. The highest BCUT2D eigenvalue weighted by molar-refractivity contribution is 5.85. The zero-order valence-electron chi connectivity index (χ0n) is 19.1. The predicted molar refractivity (Wildman–Crippen MR) is 130 cm³/mol. The summed E-state index contributed by atoms with van der Waals surface area (Å²) in [5, 5.41) is 13.8. The highest BCUT2D eigenvalue weighted by atomic mass is 35.5. The van der Waals surface area contributed by atoms with Gasteiger partial charge in [-0.25, -0.2) is 0 Å². The van der Waals surface area contributed by atoms with Crippen molar-refractivity contribution in [2.75, 3.05) is 72.6 Å². The molecule has 32 heavy (non-hydrogen) atoms. The van der Waals surface area contributed by atoms with Crippen molar-refractivity contribution in [2.45, 2.75) is 26.0 Å². The van der Waals surface area contributed by atoms with Crippen LogP contribution in [0.4, 0.5) is 0 Å². The third-order valence-corrected chi connectivity index (χ3v) is 5.78. The zero-order chi connectivity index (χ0) is 21.3. The molecule has 1 aromatic carbocycles. The van der Waals surface area contributed by atoms with Crippen molar-refractivity contribution in [1.82, 2.24) is 20.0 Å². The van der Waals surface area contributed by atoms with E-state index in [1.54, 1.807) is 14.0 Å². The fourth-order valence-electron chi connectivity index (χ4n) is 4.03. The van der Waals surface area contributed by atoms with Crippen molar-refractivity contribution in [3.63, 3.8) is 0 Å². The molecule has 0 aromatic heterocycles. The number of carbonyl (C=O) groups excluding carboxylic acids is 1. The smallest absolute Gasteiger partial charge is 0.219 e. The van der Waals surface area contributed by atoms with Crippen LogP contribution in [0.3, 0.4) is 0 Å². The molecular weight excluding hydrogens is 455 g/mol. The van der Waals surface area contributed by atoms with E-state index < -0.39 is 6.10 Å². The molecule has 2 N–H and O–H groups in total. The molecule has 1 unspecified atom stereocenters. The summed E-state index contributed by atoms with van der Waals surface area (Å²) in [4.78, 5) is 17.9. The van der Waals surface area contributed by atoms with Crippen LogP contribution >= 0.6 is 24.8 Å². The molecule has 1 aromatic rings. The summed E-state index contributed by atoms with van der Waals surface area (Å²) in [6.07, 6.45) is 0.572. The summed E-state index contributed by atoms with van der Waals surface area (Å²) in [5.41, 5.74) is 1.20. The molecule has 2 aliphatic rings. The minimum Gasteiger partial charge on any atom is -0.493 e. The number of hydrogen-bond donors (Lipinski definition) is 2. The molecule has 8 nitrogen and oxygen atoms in total. The molecule has 1 amide bonds. The zero-order valence-corrected chi connectivity index (χ0v) is 20.8. The molecule has 2 aliphatic heterocycles. The van der Waals surface area contributed by atoms with Crippen molar-refractivity contribution in [1.29, 1.82) is 0 Å². The van der Waals surface area contributed by atoms with Crippen molar-refractivity contribution in [3.05, 3.63) is 23.8 Å². The number of aliphatic hydroxyl groups excluding tert-OH is 1. The van der Waals surface area contributed by atoms with Crippen LogP contribution < -0.4 is 14.8 Å². The van der Waals surface area contributed by atoms with E-state index in [-0.39, 0.29) is 37.3 Å². The summed E-state index contributed by atoms with van der Waals surface area (Å²) in [6, 6.07) is 6.03. The Morgan fingerprint density at radius 3 is 2.50 bits per heavy atom. The Balaban J connectivity index is 0.00000256. The largest absolute Gasteiger partial charge is 0.493 e. The first-order valence-corrected chi connectivity index (χ1v) is 10.9. The molecule has 1 atom stereocenters. The van der Waals surface area contributed by atoms with Crippen molar-refractivity contribution in [3.8, 4) is 11.5 Å². The van der Waals surface area contributed by atoms with Crippen LogP contribution in [0.2, 0.25) is 0 Å². The molecule has 0 radical (unpaired) electrons. The van der Waals surface area contributed by atoms with Gasteiger partial charge in [-0.05, 0) is 37.2 Å². The van der Waals surface area contributed by atoms with Gasteiger partial charge >= 0.3 is 0 Å². The molecular formula is C22H38Cl2N4O4. The average molecular weight is 493 g/mol. The number of hydrogen-bond acceptors (Lipinski definition) is 7. The second-order valence-corrected chi connectivity index (χ2v) is 8.14. The number of β-amino-alcohol motifs (C(OH)–C–C–N with tert-alkyl or cyclic N) is 1. The van der Waals surface area contributed by atoms with Crippen LogP contribution in [0.25, 0.3) is 0 Å². The first-order chi connectivity index (χ1) is 14.5. The Kier molecular flexibility index (Phi) is 13.3. The Bertz CT molecular complexity index is 682. The highest BCUT2D eigenvalue weighted by Crippen LogP contribution is 2.29. The molecule has 10 heteroatoms. The van der Waals surface area contributed by atoms with Gasteiger partial charge in [0, 0.05) is 59.3 Å². The fraction of sp³-hybridized carbons (Fsp3) is 0.682. The van der Waals surface area contributed by atoms with Crippen molar-refractivity contribution >= 4 is 30.7 Å². The quantitative estimate of drug-likeness (QED) is 0.565. The molecule has 0 bridgehead atoms. The molecule has 0 spiro atoms. The minimum atomic E-state index is -0.595. The molecule has 2 saturated heterocycles. The maximum atomic E-state index is 11.4. The number of carbonyl (C=O) groups is 1. The summed E-state index contributed by atoms with van der Waals surface area (Å²) in [6.45, 7) is 10.5. The molecule has 184 valence electrons. The summed E-state index contributed by atoms with van der Waals surface area (Å²) >= 11 is 0. The summed E-state index contributed by atoms with van der Waals surface area (Å²) in [7, 11) is 1.65. The third kappa shape index (κ3) is 8.92. The number of ether oxygens (including phenoxy) is 2. The van der Waals surface area contributed by atoms with Gasteiger partial charge in [0.15, 0.2) is 11.5 Å². The monoisotopic (exact) mass is 492 g/mol. The number of piperazine rings is 1. The minimum absolute atomic E-state index is 0. The normalized spacial score (nSPS) is 18.7. The van der Waals surface area contributed by atoms with Crippen LogP contribution in [-0.4, -0.2) is 104 Å². The number of benzene rings is 1. The van der Waals surface area contributed by atoms with Crippen LogP contribution in [-0.2, 0) is 11.3 Å². The van der Waals surface area contributed by atoms with E-state index in [4.69, 9.17) is 9.47 Å². The lowest BCUT2D eigenvalue weighted by atomic mass is 10.2. The van der Waals surface area contributed by atoms with E-state index in [1.165, 1.54) is 12.0 Å². The van der Waals surface area contributed by atoms with E-state index in [0.717, 1.165) is 45.8 Å². The fourth-order valence-corrected chi connectivity index (χ4v) is 4.03. The Hall–Kier alpha value is -1.29. The van der Waals surface area contributed by atoms with Crippen LogP contribution in [0.1, 0.15) is 18.9 Å². The predicted octanol–water partition coefficient (Wildman–Crippen LogP) is 1.24. The number of amides is 1. The standard InChI is InChI=1S/C22H36N4O4.2ClH/c1-18(27)26-12-10-25(11-13-26)16-20(28)17-30-21-5-4-19(14-22(21)29-2)15-24-8-3-6-23-7-9-24;;/h4-5,14,20,23,28H,3,6-13,15-17H2,1-2H3;2*1H. The molecule has 3 rings (SSSR count). The van der Waals surface area contributed by atoms with Gasteiger partial charge in [0.2, 0.25) is 5.91 Å². The number of halogens is 2. The number of methoxy groups -OCH3 is 1. The SMILES string of the molecule is COc1cc(CN2CCCNCC2)ccc1OCC(O)CN1CCN(C(C)=O)CC1.Cl.Cl. The summed E-state index contributed by atoms with van der Waals surface area (Å²) < 4.78 is 11.4. The lowest BCUT2D eigenvalue weighted by molar-refractivity contribution is -0.130. The van der Waals surface area contributed by atoms with Gasteiger partial charge in [-0.3, -0.25) is 14.6 Å². The lowest BCUT2D eigenvalue weighted by Gasteiger charge is -2.35. The van der Waals surface area contributed by atoms with Gasteiger partial charge in [-0.15, -0.1) is 24.8 Å². The van der Waals surface area contributed by atoms with Gasteiger partial charge in [0.05, 0.1) is 7.11 Å². The number of nitrogens with zero attached hydrogens (tertiary/aromatic N) is 3. The van der Waals surface area contributed by atoms with E-state index >= 15 is 0 Å². The Morgan fingerprint density at radius 1 is 1.06 bits per heavy atom. The van der Waals surface area contributed by atoms with Crippen molar-refractivity contribution in [2.24, 2.45) is 0 Å². The first-order valence-electron chi connectivity index (χ1n) is 10.9. The van der Waals surface area contributed by atoms with Gasteiger partial charge in [0.25, 0.3) is 0 Å². The Morgan fingerprint density at radius 2 is 1.81 bits per heavy atom. The van der Waals surface area contributed by atoms with Gasteiger partial charge < -0.3 is 24.8 Å². The number of rotatable bonds is 8. The van der Waals surface area contributed by atoms with Crippen molar-refractivity contribution < 1.29 is 19.4 Å². The maximum Gasteiger partial charge on any atom is 0.219 e. The van der Waals surface area contributed by atoms with E-state index in [2.05, 4.69) is 21.2 Å². The summed E-state index contributed by atoms with van der Waals surface area (Å²) in [5.74, 6) is 1.46.